The molecule has 0 bridgehead atoms. The normalized spacial score (nSPS) is 23.1. The van der Waals surface area contributed by atoms with E-state index in [0.29, 0.717) is 5.75 Å². The Morgan fingerprint density at radius 2 is 2.05 bits per heavy atom. The lowest BCUT2D eigenvalue weighted by Crippen LogP contribution is -2.25. The highest BCUT2D eigenvalue weighted by Crippen LogP contribution is 2.32. The van der Waals surface area contributed by atoms with Crippen LogP contribution >= 0.6 is 0 Å². The molecule has 0 aliphatic heterocycles. The molecule has 3 nitrogen and oxygen atoms in total. The Morgan fingerprint density at radius 3 is 2.63 bits per heavy atom. The number of ether oxygens (including phenoxy) is 1. The van der Waals surface area contributed by atoms with Gasteiger partial charge in [0.25, 0.3) is 0 Å². The highest BCUT2D eigenvalue weighted by molar-refractivity contribution is 5.75. The van der Waals surface area contributed by atoms with Gasteiger partial charge in [0, 0.05) is 5.69 Å². The van der Waals surface area contributed by atoms with Crippen LogP contribution in [0, 0.1) is 18.8 Å². The van der Waals surface area contributed by atoms with Gasteiger partial charge in [-0.2, -0.15) is 0 Å². The van der Waals surface area contributed by atoms with Crippen molar-refractivity contribution >= 4 is 5.97 Å². The first-order chi connectivity index (χ1) is 9.19. The second-order valence-corrected chi connectivity index (χ2v) is 5.56. The molecule has 1 aliphatic rings. The van der Waals surface area contributed by atoms with E-state index in [2.05, 4.69) is 11.9 Å². The van der Waals surface area contributed by atoms with Crippen molar-refractivity contribution < 1.29 is 9.53 Å². The molecule has 0 N–H and O–H groups in total. The summed E-state index contributed by atoms with van der Waals surface area (Å²) in [5, 5.41) is 0. The standard InChI is InChI=1S/C16H23NO2/c1-3-4-13-6-8-14(9-7-13)16(18)19-15-10-5-12(2)17-11-15/h5,10-11,13-14H,3-4,6-9H2,1-2H3/t13-,14-. The highest BCUT2D eigenvalue weighted by Gasteiger charge is 2.27. The monoisotopic (exact) mass is 261 g/mol. The fourth-order valence-corrected chi connectivity index (χ4v) is 2.81. The van der Waals surface area contributed by atoms with Crippen LogP contribution in [0.1, 0.15) is 51.1 Å². The molecule has 0 atom stereocenters. The van der Waals surface area contributed by atoms with Crippen LogP contribution in [0.5, 0.6) is 5.75 Å². The van der Waals surface area contributed by atoms with Gasteiger partial charge in [-0.15, -0.1) is 0 Å². The lowest BCUT2D eigenvalue weighted by Gasteiger charge is -2.26. The summed E-state index contributed by atoms with van der Waals surface area (Å²) in [6, 6.07) is 3.67. The van der Waals surface area contributed by atoms with Crippen molar-refractivity contribution in [3.63, 3.8) is 0 Å². The zero-order chi connectivity index (χ0) is 13.7. The molecular weight excluding hydrogens is 238 g/mol. The molecule has 0 saturated heterocycles. The fourth-order valence-electron chi connectivity index (χ4n) is 2.81. The van der Waals surface area contributed by atoms with Crippen LogP contribution in [0.4, 0.5) is 0 Å². The lowest BCUT2D eigenvalue weighted by molar-refractivity contribution is -0.140. The van der Waals surface area contributed by atoms with E-state index >= 15 is 0 Å². The van der Waals surface area contributed by atoms with E-state index in [1.165, 1.54) is 25.7 Å². The summed E-state index contributed by atoms with van der Waals surface area (Å²) >= 11 is 0. The van der Waals surface area contributed by atoms with E-state index in [4.69, 9.17) is 4.74 Å². The summed E-state index contributed by atoms with van der Waals surface area (Å²) in [5.74, 6) is 1.37. The third-order valence-corrected chi connectivity index (χ3v) is 3.98. The number of hydrogen-bond acceptors (Lipinski definition) is 3. The van der Waals surface area contributed by atoms with Gasteiger partial charge in [-0.3, -0.25) is 9.78 Å². The molecule has 1 aliphatic carbocycles. The zero-order valence-corrected chi connectivity index (χ0v) is 11.9. The predicted molar refractivity (Wildman–Crippen MR) is 75.0 cm³/mol. The summed E-state index contributed by atoms with van der Waals surface area (Å²) in [7, 11) is 0. The van der Waals surface area contributed by atoms with Crippen molar-refractivity contribution in [3.05, 3.63) is 24.0 Å². The summed E-state index contributed by atoms with van der Waals surface area (Å²) in [5.41, 5.74) is 0.930. The molecule has 0 spiro atoms. The maximum Gasteiger partial charge on any atom is 0.314 e. The highest BCUT2D eigenvalue weighted by atomic mass is 16.5. The van der Waals surface area contributed by atoms with Gasteiger partial charge in [-0.05, 0) is 50.7 Å². The van der Waals surface area contributed by atoms with Crippen LogP contribution in [-0.4, -0.2) is 11.0 Å². The van der Waals surface area contributed by atoms with E-state index < -0.39 is 0 Å². The molecule has 3 heteroatoms. The van der Waals surface area contributed by atoms with Gasteiger partial charge >= 0.3 is 5.97 Å². The van der Waals surface area contributed by atoms with Gasteiger partial charge in [0.15, 0.2) is 0 Å². The molecule has 1 heterocycles. The molecule has 1 aromatic rings. The average molecular weight is 261 g/mol. The molecule has 0 unspecified atom stereocenters. The first-order valence-corrected chi connectivity index (χ1v) is 7.33. The number of nitrogens with zero attached hydrogens (tertiary/aromatic N) is 1. The van der Waals surface area contributed by atoms with E-state index in [-0.39, 0.29) is 11.9 Å². The van der Waals surface area contributed by atoms with Crippen molar-refractivity contribution in [3.8, 4) is 5.75 Å². The zero-order valence-electron chi connectivity index (χ0n) is 11.9. The molecule has 0 aromatic carbocycles. The quantitative estimate of drug-likeness (QED) is 0.772. The van der Waals surface area contributed by atoms with Gasteiger partial charge in [-0.25, -0.2) is 0 Å². The van der Waals surface area contributed by atoms with Crippen molar-refractivity contribution in [2.45, 2.75) is 52.4 Å². The van der Waals surface area contributed by atoms with Crippen LogP contribution in [0.15, 0.2) is 18.3 Å². The Morgan fingerprint density at radius 1 is 1.32 bits per heavy atom. The Bertz CT molecular complexity index is 405. The minimum atomic E-state index is -0.0828. The SMILES string of the molecule is CCC[C@H]1CC[C@H](C(=O)Oc2ccc(C)nc2)CC1. The van der Waals surface area contributed by atoms with E-state index in [1.54, 1.807) is 6.20 Å². The summed E-state index contributed by atoms with van der Waals surface area (Å²) in [6.07, 6.45) is 8.44. The second kappa shape index (κ2) is 6.69. The Kier molecular flexibility index (Phi) is 4.94. The van der Waals surface area contributed by atoms with Gasteiger partial charge in [0.2, 0.25) is 0 Å². The Labute approximate surface area is 115 Å². The molecule has 0 radical (unpaired) electrons. The topological polar surface area (TPSA) is 39.2 Å². The fraction of sp³-hybridized carbons (Fsp3) is 0.625. The summed E-state index contributed by atoms with van der Waals surface area (Å²) < 4.78 is 5.40. The molecule has 19 heavy (non-hydrogen) atoms. The van der Waals surface area contributed by atoms with Crippen molar-refractivity contribution in [2.75, 3.05) is 0 Å². The largest absolute Gasteiger partial charge is 0.425 e. The lowest BCUT2D eigenvalue weighted by atomic mass is 9.80. The number of aryl methyl sites for hydroxylation is 1. The maximum atomic E-state index is 12.1. The third kappa shape index (κ3) is 4.05. The molecule has 1 saturated carbocycles. The van der Waals surface area contributed by atoms with Crippen molar-refractivity contribution in [2.24, 2.45) is 11.8 Å². The molecular formula is C16H23NO2. The van der Waals surface area contributed by atoms with Crippen molar-refractivity contribution in [1.82, 2.24) is 4.98 Å². The molecule has 104 valence electrons. The van der Waals surface area contributed by atoms with Gasteiger partial charge in [0.05, 0.1) is 12.1 Å². The number of rotatable bonds is 4. The smallest absolute Gasteiger partial charge is 0.314 e. The van der Waals surface area contributed by atoms with Crippen LogP contribution < -0.4 is 4.74 Å². The minimum absolute atomic E-state index is 0.0782. The summed E-state index contributed by atoms with van der Waals surface area (Å²) in [4.78, 5) is 16.2. The van der Waals surface area contributed by atoms with Crippen LogP contribution in [-0.2, 0) is 4.79 Å². The molecule has 1 aromatic heterocycles. The first-order valence-electron chi connectivity index (χ1n) is 7.33. The predicted octanol–water partition coefficient (Wildman–Crippen LogP) is 3.90. The number of carbonyl (C=O) groups is 1. The second-order valence-electron chi connectivity index (χ2n) is 5.56. The summed E-state index contributed by atoms with van der Waals surface area (Å²) in [6.45, 7) is 4.14. The number of hydrogen-bond donors (Lipinski definition) is 0. The Hall–Kier alpha value is -1.38. The number of pyridine rings is 1. The molecule has 1 fully saturated rings. The minimum Gasteiger partial charge on any atom is -0.425 e. The van der Waals surface area contributed by atoms with E-state index in [9.17, 15) is 4.79 Å². The van der Waals surface area contributed by atoms with Crippen molar-refractivity contribution in [1.29, 1.82) is 0 Å². The maximum absolute atomic E-state index is 12.1. The number of esters is 1. The van der Waals surface area contributed by atoms with Gasteiger partial charge < -0.3 is 4.74 Å². The van der Waals surface area contributed by atoms with Gasteiger partial charge in [-0.1, -0.05) is 19.8 Å². The molecule has 0 amide bonds. The van der Waals surface area contributed by atoms with E-state index in [1.807, 2.05) is 19.1 Å². The van der Waals surface area contributed by atoms with Gasteiger partial charge in [0.1, 0.15) is 5.75 Å². The third-order valence-electron chi connectivity index (χ3n) is 3.98. The van der Waals surface area contributed by atoms with Crippen LogP contribution in [0.2, 0.25) is 0 Å². The Balaban J connectivity index is 1.83. The average Bonchev–Trinajstić information content (AvgIpc) is 2.42. The number of carbonyl (C=O) groups excluding carboxylic acids is 1. The number of aromatic nitrogens is 1. The van der Waals surface area contributed by atoms with E-state index in [0.717, 1.165) is 24.5 Å². The van der Waals surface area contributed by atoms with Crippen LogP contribution in [0.25, 0.3) is 0 Å². The first kappa shape index (κ1) is 14.0. The molecule has 2 rings (SSSR count). The van der Waals surface area contributed by atoms with Crippen LogP contribution in [0.3, 0.4) is 0 Å².